The number of nitrogens with zero attached hydrogens (tertiary/aromatic N) is 1. The lowest BCUT2D eigenvalue weighted by molar-refractivity contribution is -0.114. The lowest BCUT2D eigenvalue weighted by Crippen LogP contribution is -2.16. The van der Waals surface area contributed by atoms with Gasteiger partial charge in [0.25, 0.3) is 5.91 Å². The number of ether oxygens (including phenoxy) is 2. The van der Waals surface area contributed by atoms with Gasteiger partial charge in [0.05, 0.1) is 39.1 Å². The van der Waals surface area contributed by atoms with E-state index in [-0.39, 0.29) is 18.3 Å². The third kappa shape index (κ3) is 16.6. The van der Waals surface area contributed by atoms with Crippen molar-refractivity contribution in [1.29, 1.82) is 0 Å². The maximum atomic E-state index is 10.2. The van der Waals surface area contributed by atoms with E-state index in [1.54, 1.807) is 0 Å². The van der Waals surface area contributed by atoms with E-state index < -0.39 is 5.91 Å². The summed E-state index contributed by atoms with van der Waals surface area (Å²) in [5.41, 5.74) is 0.244. The Morgan fingerprint density at radius 1 is 1.35 bits per heavy atom. The van der Waals surface area contributed by atoms with E-state index in [0.717, 1.165) is 6.08 Å². The molecule has 0 aliphatic heterocycles. The Balaban J connectivity index is 0. The van der Waals surface area contributed by atoms with Crippen molar-refractivity contribution >= 4 is 12.0 Å². The first-order valence-corrected chi connectivity index (χ1v) is 6.21. The van der Waals surface area contributed by atoms with Crippen molar-refractivity contribution in [2.75, 3.05) is 33.0 Å². The van der Waals surface area contributed by atoms with Crippen molar-refractivity contribution in [2.45, 2.75) is 26.4 Å². The fourth-order valence-corrected chi connectivity index (χ4v) is 0.759. The van der Waals surface area contributed by atoms with Gasteiger partial charge in [0.2, 0.25) is 6.08 Å². The highest BCUT2D eigenvalue weighted by molar-refractivity contribution is 5.95. The number of carbonyl (C=O) groups is 1. The molecule has 0 rings (SSSR count). The van der Waals surface area contributed by atoms with Crippen LogP contribution in [0.5, 0.6) is 0 Å². The standard InChI is InChI=1S/C8H18O4.C5H5NO2/c1-2-8(10)7-12-6-5-11-4-3-9;1-4(2)5(8)6-3-7/h8-10H,2-7H2,1H3;1H2,2H3. The average Bonchev–Trinajstić information content (AvgIpc) is 2.43. The predicted molar refractivity (Wildman–Crippen MR) is 73.0 cm³/mol. The van der Waals surface area contributed by atoms with Gasteiger partial charge < -0.3 is 19.7 Å². The largest absolute Gasteiger partial charge is 0.394 e. The molecule has 7 heteroatoms. The van der Waals surface area contributed by atoms with Crippen molar-refractivity contribution in [1.82, 2.24) is 0 Å². The highest BCUT2D eigenvalue weighted by atomic mass is 16.5. The zero-order valence-corrected chi connectivity index (χ0v) is 12.0. The van der Waals surface area contributed by atoms with Gasteiger partial charge in [-0.2, -0.15) is 0 Å². The number of hydrogen-bond donors (Lipinski definition) is 2. The van der Waals surface area contributed by atoms with Crippen LogP contribution in [0.25, 0.3) is 0 Å². The predicted octanol–water partition coefficient (Wildman–Crippen LogP) is 0.208. The van der Waals surface area contributed by atoms with E-state index >= 15 is 0 Å². The minimum absolute atomic E-state index is 0.0393. The normalized spacial score (nSPS) is 10.8. The Kier molecular flexibility index (Phi) is 16.4. The minimum Gasteiger partial charge on any atom is -0.394 e. The van der Waals surface area contributed by atoms with E-state index in [1.807, 2.05) is 6.92 Å². The van der Waals surface area contributed by atoms with Gasteiger partial charge in [-0.05, 0) is 13.3 Å². The quantitative estimate of drug-likeness (QED) is 0.272. The summed E-state index contributed by atoms with van der Waals surface area (Å²) in [7, 11) is 0. The molecular weight excluding hydrogens is 266 g/mol. The molecule has 0 fully saturated rings. The molecule has 0 bridgehead atoms. The second kappa shape index (κ2) is 15.7. The Bertz CT molecular complexity index is 308. The molecular formula is C13H23NO6. The van der Waals surface area contributed by atoms with Gasteiger partial charge in [-0.25, -0.2) is 4.79 Å². The molecule has 0 saturated heterocycles. The molecule has 1 unspecified atom stereocenters. The summed E-state index contributed by atoms with van der Waals surface area (Å²) < 4.78 is 10.0. The SMILES string of the molecule is C=C(C)C(=O)N=C=O.CCC(O)COCCOCCO. The maximum absolute atomic E-state index is 10.2. The van der Waals surface area contributed by atoms with Crippen LogP contribution in [-0.2, 0) is 19.1 Å². The molecule has 0 aromatic carbocycles. The van der Waals surface area contributed by atoms with Crippen LogP contribution in [0.15, 0.2) is 17.1 Å². The topological polar surface area (TPSA) is 105 Å². The molecule has 116 valence electrons. The number of aliphatic hydroxyl groups excluding tert-OH is 2. The van der Waals surface area contributed by atoms with Crippen LogP contribution in [0.2, 0.25) is 0 Å². The van der Waals surface area contributed by atoms with Crippen molar-refractivity contribution < 1.29 is 29.3 Å². The maximum Gasteiger partial charge on any atom is 0.282 e. The molecule has 0 aromatic rings. The van der Waals surface area contributed by atoms with E-state index in [4.69, 9.17) is 19.7 Å². The molecule has 0 aromatic heterocycles. The first-order valence-electron chi connectivity index (χ1n) is 6.21. The third-order valence-corrected chi connectivity index (χ3v) is 1.90. The van der Waals surface area contributed by atoms with E-state index in [1.165, 1.54) is 6.92 Å². The number of isocyanates is 1. The molecule has 0 saturated carbocycles. The fourth-order valence-electron chi connectivity index (χ4n) is 0.759. The summed E-state index contributed by atoms with van der Waals surface area (Å²) in [5.74, 6) is -0.611. The molecule has 0 heterocycles. The molecule has 0 aliphatic rings. The fraction of sp³-hybridized carbons (Fsp3) is 0.692. The zero-order chi connectivity index (χ0) is 15.8. The van der Waals surface area contributed by atoms with Crippen LogP contribution in [0.3, 0.4) is 0 Å². The van der Waals surface area contributed by atoms with Gasteiger partial charge in [-0.15, -0.1) is 4.99 Å². The molecule has 7 nitrogen and oxygen atoms in total. The van der Waals surface area contributed by atoms with Crippen LogP contribution < -0.4 is 0 Å². The Hall–Kier alpha value is -1.37. The summed E-state index contributed by atoms with van der Waals surface area (Å²) in [6.45, 7) is 8.31. The Morgan fingerprint density at radius 3 is 2.35 bits per heavy atom. The van der Waals surface area contributed by atoms with Crippen molar-refractivity contribution in [2.24, 2.45) is 4.99 Å². The number of aliphatic hydroxyl groups is 2. The molecule has 0 aliphatic carbocycles. The lowest BCUT2D eigenvalue weighted by Gasteiger charge is -2.08. The van der Waals surface area contributed by atoms with Crippen LogP contribution in [0, 0.1) is 0 Å². The van der Waals surface area contributed by atoms with Gasteiger partial charge in [0, 0.05) is 5.57 Å². The Morgan fingerprint density at radius 2 is 1.95 bits per heavy atom. The van der Waals surface area contributed by atoms with E-state index in [0.29, 0.717) is 32.8 Å². The monoisotopic (exact) mass is 289 g/mol. The number of carbonyl (C=O) groups excluding carboxylic acids is 2. The van der Waals surface area contributed by atoms with Crippen molar-refractivity contribution in [3.63, 3.8) is 0 Å². The minimum atomic E-state index is -0.611. The smallest absolute Gasteiger partial charge is 0.282 e. The molecule has 2 N–H and O–H groups in total. The summed E-state index contributed by atoms with van der Waals surface area (Å²) in [6.07, 6.45) is 1.45. The average molecular weight is 289 g/mol. The van der Waals surface area contributed by atoms with Gasteiger partial charge in [0.15, 0.2) is 0 Å². The summed E-state index contributed by atoms with van der Waals surface area (Å²) in [6, 6.07) is 0. The number of hydrogen-bond acceptors (Lipinski definition) is 6. The molecule has 20 heavy (non-hydrogen) atoms. The van der Waals surface area contributed by atoms with Crippen LogP contribution in [-0.4, -0.2) is 61.3 Å². The summed E-state index contributed by atoms with van der Waals surface area (Å²) in [4.78, 5) is 22.4. The summed E-state index contributed by atoms with van der Waals surface area (Å²) >= 11 is 0. The first-order chi connectivity index (χ1) is 9.49. The second-order valence-corrected chi connectivity index (χ2v) is 3.76. The van der Waals surface area contributed by atoms with Crippen LogP contribution in [0.4, 0.5) is 0 Å². The third-order valence-electron chi connectivity index (χ3n) is 1.90. The number of amides is 1. The number of rotatable bonds is 9. The first kappa shape index (κ1) is 20.9. The number of aliphatic imine (C=N–C) groups is 1. The molecule has 0 spiro atoms. The highest BCUT2D eigenvalue weighted by Gasteiger charge is 1.99. The van der Waals surface area contributed by atoms with E-state index in [9.17, 15) is 9.59 Å². The van der Waals surface area contributed by atoms with Crippen molar-refractivity contribution in [3.05, 3.63) is 12.2 Å². The van der Waals surface area contributed by atoms with Crippen LogP contribution in [0.1, 0.15) is 20.3 Å². The van der Waals surface area contributed by atoms with Crippen molar-refractivity contribution in [3.8, 4) is 0 Å². The summed E-state index contributed by atoms with van der Waals surface area (Å²) in [5, 5.41) is 17.4. The van der Waals surface area contributed by atoms with Crippen LogP contribution >= 0.6 is 0 Å². The van der Waals surface area contributed by atoms with Gasteiger partial charge in [-0.1, -0.05) is 13.5 Å². The molecule has 1 atom stereocenters. The molecule has 1 amide bonds. The highest BCUT2D eigenvalue weighted by Crippen LogP contribution is 1.90. The van der Waals surface area contributed by atoms with Gasteiger partial charge in [-0.3, -0.25) is 4.79 Å². The Labute approximate surface area is 118 Å². The second-order valence-electron chi connectivity index (χ2n) is 3.76. The molecule has 0 radical (unpaired) electrons. The van der Waals surface area contributed by atoms with Gasteiger partial charge >= 0.3 is 0 Å². The van der Waals surface area contributed by atoms with E-state index in [2.05, 4.69) is 11.6 Å². The lowest BCUT2D eigenvalue weighted by atomic mass is 10.3. The van der Waals surface area contributed by atoms with Gasteiger partial charge in [0.1, 0.15) is 0 Å². The zero-order valence-electron chi connectivity index (χ0n) is 12.0.